The molecule has 0 aliphatic carbocycles. The summed E-state index contributed by atoms with van der Waals surface area (Å²) in [6.45, 7) is 13.7. The molecule has 1 aliphatic heterocycles. The van der Waals surface area contributed by atoms with Crippen molar-refractivity contribution in [1.29, 1.82) is 0 Å². The van der Waals surface area contributed by atoms with Gasteiger partial charge in [0.15, 0.2) is 0 Å². The Morgan fingerprint density at radius 2 is 1.56 bits per heavy atom. The normalized spacial score (nSPS) is 19.1. The van der Waals surface area contributed by atoms with Crippen molar-refractivity contribution in [3.05, 3.63) is 22.0 Å². The van der Waals surface area contributed by atoms with Crippen molar-refractivity contribution in [2.75, 3.05) is 0 Å². The molecule has 2 nitrogen and oxygen atoms in total. The first kappa shape index (κ1) is 15.7. The maximum Gasteiger partial charge on any atom is 0.350 e. The number of rotatable bonds is 4. The van der Waals surface area contributed by atoms with Crippen LogP contribution >= 0.6 is 15.9 Å². The van der Waals surface area contributed by atoms with Crippen LogP contribution in [-0.2, 0) is 9.53 Å². The summed E-state index contributed by atoms with van der Waals surface area (Å²) in [6, 6.07) is 0. The largest absolute Gasteiger partial charge is 0.423 e. The average molecular weight is 331 g/mol. The van der Waals surface area contributed by atoms with Gasteiger partial charge in [-0.1, -0.05) is 47.2 Å². The lowest BCUT2D eigenvalue weighted by Crippen LogP contribution is -2.43. The van der Waals surface area contributed by atoms with Gasteiger partial charge in [-0.2, -0.15) is 0 Å². The van der Waals surface area contributed by atoms with Crippen LogP contribution in [-0.4, -0.2) is 14.0 Å². The van der Waals surface area contributed by atoms with Crippen LogP contribution in [0.5, 0.6) is 0 Å². The predicted octanol–water partition coefficient (Wildman–Crippen LogP) is 4.92. The van der Waals surface area contributed by atoms with Gasteiger partial charge in [-0.05, 0) is 32.6 Å². The summed E-state index contributed by atoms with van der Waals surface area (Å²) in [4.78, 5) is 11.4. The van der Waals surface area contributed by atoms with E-state index in [4.69, 9.17) is 4.74 Å². The molecule has 0 spiro atoms. The number of cyclic esters (lactones) is 1. The van der Waals surface area contributed by atoms with Crippen LogP contribution in [0.15, 0.2) is 22.0 Å². The van der Waals surface area contributed by atoms with E-state index in [2.05, 4.69) is 63.2 Å². The number of ether oxygens (including phenoxy) is 1. The highest BCUT2D eigenvalue weighted by Gasteiger charge is 2.42. The van der Waals surface area contributed by atoms with E-state index in [1.54, 1.807) is 6.08 Å². The molecule has 0 bridgehead atoms. The van der Waals surface area contributed by atoms with Crippen LogP contribution in [0.2, 0.25) is 16.6 Å². The number of halogens is 1. The Morgan fingerprint density at radius 3 is 1.83 bits per heavy atom. The van der Waals surface area contributed by atoms with Gasteiger partial charge in [-0.3, -0.25) is 0 Å². The summed E-state index contributed by atoms with van der Waals surface area (Å²) in [7, 11) is -1.66. The summed E-state index contributed by atoms with van der Waals surface area (Å²) in [6.07, 6.45) is 1.80. The molecular weight excluding hydrogens is 308 g/mol. The van der Waals surface area contributed by atoms with Gasteiger partial charge in [0.05, 0.1) is 8.07 Å². The highest BCUT2D eigenvalue weighted by molar-refractivity contribution is 9.12. The molecule has 0 fully saturated rings. The van der Waals surface area contributed by atoms with E-state index < -0.39 is 8.07 Å². The monoisotopic (exact) mass is 330 g/mol. The summed E-state index contributed by atoms with van der Waals surface area (Å²) in [5.41, 5.74) is 4.14. The van der Waals surface area contributed by atoms with Gasteiger partial charge in [0.2, 0.25) is 0 Å². The fourth-order valence-electron chi connectivity index (χ4n) is 3.19. The van der Waals surface area contributed by atoms with Crippen LogP contribution in [0.25, 0.3) is 0 Å². The number of hydrogen-bond donors (Lipinski definition) is 0. The summed E-state index contributed by atoms with van der Waals surface area (Å²) in [5, 5.41) is 0. The molecule has 102 valence electrons. The number of hydrogen-bond acceptors (Lipinski definition) is 2. The highest BCUT2D eigenvalue weighted by atomic mass is 79.9. The van der Waals surface area contributed by atoms with E-state index >= 15 is 0 Å². The summed E-state index contributed by atoms with van der Waals surface area (Å²) in [5.74, 6) is 0.454. The second-order valence-electron chi connectivity index (χ2n) is 5.89. The van der Waals surface area contributed by atoms with Gasteiger partial charge >= 0.3 is 5.97 Å². The number of allylic oxidation sites excluding steroid dienone is 1. The summed E-state index contributed by atoms with van der Waals surface area (Å²) < 4.78 is 5.82. The second kappa shape index (κ2) is 5.74. The third-order valence-corrected chi connectivity index (χ3v) is 11.4. The molecule has 0 N–H and O–H groups in total. The first-order valence-corrected chi connectivity index (χ1v) is 9.64. The molecule has 0 atom stereocenters. The maximum absolute atomic E-state index is 11.4. The zero-order valence-corrected chi connectivity index (χ0v) is 14.7. The Kier molecular flexibility index (Phi) is 5.01. The molecule has 1 rings (SSSR count). The standard InChI is InChI=1S/C14H23BrO2Si/c1-9(2)18(10(3)4,11(5)6)8-12-7-13(15)14(16)17-12/h7-11H,1-6H3/b12-8-. The number of carbonyl (C=O) groups is 1. The first-order valence-electron chi connectivity index (χ1n) is 6.54. The SMILES string of the molecule is CC(C)[Si](/C=C1/C=C(Br)C(=O)O1)(C(C)C)C(C)C. The van der Waals surface area contributed by atoms with E-state index in [1.807, 2.05) is 0 Å². The molecular formula is C14H23BrO2Si. The predicted molar refractivity (Wildman–Crippen MR) is 82.2 cm³/mol. The van der Waals surface area contributed by atoms with Gasteiger partial charge in [-0.15, -0.1) is 0 Å². The van der Waals surface area contributed by atoms with E-state index in [0.717, 1.165) is 5.76 Å². The minimum absolute atomic E-state index is 0.277. The fourth-order valence-corrected chi connectivity index (χ4v) is 9.13. The van der Waals surface area contributed by atoms with Gasteiger partial charge in [0.1, 0.15) is 10.2 Å². The van der Waals surface area contributed by atoms with Gasteiger partial charge in [0.25, 0.3) is 0 Å². The molecule has 0 unspecified atom stereocenters. The van der Waals surface area contributed by atoms with Crippen LogP contribution in [0.1, 0.15) is 41.5 Å². The lowest BCUT2D eigenvalue weighted by atomic mass is 10.5. The molecule has 0 saturated heterocycles. The molecule has 1 heterocycles. The van der Waals surface area contributed by atoms with Gasteiger partial charge in [-0.25, -0.2) is 4.79 Å². The zero-order valence-electron chi connectivity index (χ0n) is 12.1. The number of esters is 1. The molecule has 0 aromatic rings. The molecule has 0 amide bonds. The molecule has 0 aromatic carbocycles. The van der Waals surface area contributed by atoms with Crippen LogP contribution < -0.4 is 0 Å². The summed E-state index contributed by atoms with van der Waals surface area (Å²) >= 11 is 3.22. The zero-order chi connectivity index (χ0) is 14.1. The topological polar surface area (TPSA) is 26.3 Å². The third kappa shape index (κ3) is 2.80. The maximum atomic E-state index is 11.4. The van der Waals surface area contributed by atoms with E-state index in [-0.39, 0.29) is 5.97 Å². The number of carbonyl (C=O) groups excluding carboxylic acids is 1. The van der Waals surface area contributed by atoms with Gasteiger partial charge in [0, 0.05) is 6.08 Å². The Balaban J connectivity index is 3.22. The molecule has 1 aliphatic rings. The smallest absolute Gasteiger partial charge is 0.350 e. The van der Waals surface area contributed by atoms with Gasteiger partial charge < -0.3 is 4.74 Å². The lowest BCUT2D eigenvalue weighted by molar-refractivity contribution is -0.132. The average Bonchev–Trinajstić information content (AvgIpc) is 2.53. The van der Waals surface area contributed by atoms with Crippen molar-refractivity contribution >= 4 is 30.0 Å². The minimum atomic E-state index is -1.66. The molecule has 0 aromatic heterocycles. The van der Waals surface area contributed by atoms with Crippen molar-refractivity contribution in [1.82, 2.24) is 0 Å². The Bertz CT molecular complexity index is 373. The van der Waals surface area contributed by atoms with Crippen LogP contribution in [0.3, 0.4) is 0 Å². The molecule has 0 saturated carbocycles. The Hall–Kier alpha value is -0.353. The van der Waals surface area contributed by atoms with Crippen molar-refractivity contribution in [2.45, 2.75) is 58.2 Å². The first-order chi connectivity index (χ1) is 8.21. The van der Waals surface area contributed by atoms with Crippen LogP contribution in [0, 0.1) is 0 Å². The molecule has 0 radical (unpaired) electrons. The third-order valence-electron chi connectivity index (χ3n) is 4.07. The van der Waals surface area contributed by atoms with Crippen molar-refractivity contribution < 1.29 is 9.53 Å². The van der Waals surface area contributed by atoms with Crippen molar-refractivity contribution in [2.24, 2.45) is 0 Å². The van der Waals surface area contributed by atoms with E-state index in [9.17, 15) is 4.79 Å². The van der Waals surface area contributed by atoms with E-state index in [0.29, 0.717) is 21.1 Å². The lowest BCUT2D eigenvalue weighted by Gasteiger charge is -2.40. The van der Waals surface area contributed by atoms with Crippen molar-refractivity contribution in [3.8, 4) is 0 Å². The highest BCUT2D eigenvalue weighted by Crippen LogP contribution is 2.43. The minimum Gasteiger partial charge on any atom is -0.423 e. The quantitative estimate of drug-likeness (QED) is 0.540. The van der Waals surface area contributed by atoms with Crippen LogP contribution in [0.4, 0.5) is 0 Å². The fraction of sp³-hybridized carbons (Fsp3) is 0.643. The molecule has 4 heteroatoms. The second-order valence-corrected chi connectivity index (χ2v) is 12.5. The molecule has 18 heavy (non-hydrogen) atoms. The van der Waals surface area contributed by atoms with Crippen molar-refractivity contribution in [3.63, 3.8) is 0 Å². The Labute approximate surface area is 120 Å². The van der Waals surface area contributed by atoms with E-state index in [1.165, 1.54) is 0 Å². The Morgan fingerprint density at radius 1 is 1.11 bits per heavy atom.